The molecule has 10 heavy (non-hydrogen) atoms. The molecule has 0 heterocycles. The molecule has 0 aliphatic carbocycles. The summed E-state index contributed by atoms with van der Waals surface area (Å²) >= 11 is 6.07. The van der Waals surface area contributed by atoms with Gasteiger partial charge in [-0.25, -0.2) is 0 Å². The summed E-state index contributed by atoms with van der Waals surface area (Å²) in [6, 6.07) is 0. The van der Waals surface area contributed by atoms with Crippen LogP contribution in [0.1, 0.15) is 19.8 Å². The normalized spacial score (nSPS) is 9.10. The maximum absolute atomic E-state index is 10.7. The molecule has 58 valence electrons. The zero-order chi connectivity index (χ0) is 7.98. The summed E-state index contributed by atoms with van der Waals surface area (Å²) in [5.41, 5.74) is 0. The Bertz CT molecular complexity index is 108. The van der Waals surface area contributed by atoms with Gasteiger partial charge in [-0.15, -0.1) is 31.5 Å². The third-order valence-electron chi connectivity index (χ3n) is 0.920. The summed E-state index contributed by atoms with van der Waals surface area (Å²) < 4.78 is 4.45. The van der Waals surface area contributed by atoms with Crippen molar-refractivity contribution in [3.05, 3.63) is 0 Å². The fraction of sp³-hybridized carbons (Fsp3) is 0.800. The first-order valence-electron chi connectivity index (χ1n) is 3.13. The quantitative estimate of drug-likeness (QED) is 0.581. The fourth-order valence-corrected chi connectivity index (χ4v) is 0.644. The predicted molar refractivity (Wildman–Crippen MR) is 49.9 cm³/mol. The molecule has 0 rings (SSSR count). The standard InChI is InChI=1S/C5H9BBr2O2/c1-2-3-4-10-5(9)6(7)8/h2-4H2,1H3. The van der Waals surface area contributed by atoms with Gasteiger partial charge in [0.05, 0.1) is 6.61 Å². The molecule has 0 fully saturated rings. The summed E-state index contributed by atoms with van der Waals surface area (Å²) in [6.07, 6.45) is 1.97. The summed E-state index contributed by atoms with van der Waals surface area (Å²) in [7, 11) is 0. The van der Waals surface area contributed by atoms with Crippen LogP contribution in [-0.2, 0) is 4.74 Å². The Balaban J connectivity index is 3.22. The highest BCUT2D eigenvalue weighted by molar-refractivity contribution is 9.50. The van der Waals surface area contributed by atoms with Crippen molar-refractivity contribution in [2.45, 2.75) is 19.8 Å². The largest absolute Gasteiger partial charge is 0.472 e. The first kappa shape index (κ1) is 10.5. The van der Waals surface area contributed by atoms with Crippen molar-refractivity contribution in [3.8, 4) is 0 Å². The van der Waals surface area contributed by atoms with Gasteiger partial charge in [-0.3, -0.25) is 4.79 Å². The highest BCUT2D eigenvalue weighted by atomic mass is 79.9. The molecule has 0 bridgehead atoms. The van der Waals surface area contributed by atoms with Crippen LogP contribution in [0.4, 0.5) is 4.79 Å². The molecule has 0 radical (unpaired) electrons. The van der Waals surface area contributed by atoms with Crippen molar-refractivity contribution in [1.82, 2.24) is 0 Å². The maximum Gasteiger partial charge on any atom is 0.425 e. The van der Waals surface area contributed by atoms with Crippen molar-refractivity contribution < 1.29 is 9.53 Å². The lowest BCUT2D eigenvalue weighted by atomic mass is 10.1. The van der Waals surface area contributed by atoms with Gasteiger partial charge in [-0.2, -0.15) is 0 Å². The van der Waals surface area contributed by atoms with E-state index >= 15 is 0 Å². The van der Waals surface area contributed by atoms with Crippen LogP contribution in [0.3, 0.4) is 0 Å². The number of ether oxygens (including phenoxy) is 1. The van der Waals surface area contributed by atoms with Crippen LogP contribution in [0.25, 0.3) is 0 Å². The number of hydrogen-bond donors (Lipinski definition) is 0. The molecule has 0 N–H and O–H groups in total. The fourth-order valence-electron chi connectivity index (χ4n) is 0.380. The Labute approximate surface area is 77.7 Å². The number of rotatable bonds is 4. The number of unbranched alkanes of at least 4 members (excludes halogenated alkanes) is 1. The SMILES string of the molecule is CCCCOC(=O)B(Br)Br. The first-order valence-corrected chi connectivity index (χ1v) is 4.96. The molecular weight excluding hydrogens is 263 g/mol. The van der Waals surface area contributed by atoms with E-state index in [9.17, 15) is 4.79 Å². The molecule has 2 nitrogen and oxygen atoms in total. The van der Waals surface area contributed by atoms with Crippen LogP contribution >= 0.6 is 31.5 Å². The highest BCUT2D eigenvalue weighted by Crippen LogP contribution is 2.05. The van der Waals surface area contributed by atoms with Gasteiger partial charge in [-0.05, 0) is 6.42 Å². The van der Waals surface area contributed by atoms with E-state index in [1.54, 1.807) is 0 Å². The molecule has 0 aliphatic rings. The van der Waals surface area contributed by atoms with Crippen LogP contribution in [0.2, 0.25) is 0 Å². The summed E-state index contributed by atoms with van der Waals surface area (Å²) in [6.45, 7) is 2.57. The third kappa shape index (κ3) is 5.29. The maximum atomic E-state index is 10.7. The number of carbonyl (C=O) groups is 1. The Morgan fingerprint density at radius 2 is 2.20 bits per heavy atom. The number of hydrogen-bond acceptors (Lipinski definition) is 2. The van der Waals surface area contributed by atoms with Crippen molar-refractivity contribution in [2.24, 2.45) is 0 Å². The third-order valence-corrected chi connectivity index (χ3v) is 1.67. The lowest BCUT2D eigenvalue weighted by molar-refractivity contribution is 0.171. The van der Waals surface area contributed by atoms with Gasteiger partial charge < -0.3 is 4.74 Å². The molecule has 0 aromatic carbocycles. The van der Waals surface area contributed by atoms with E-state index in [-0.39, 0.29) is 10.2 Å². The predicted octanol–water partition coefficient (Wildman–Crippen LogP) is 2.78. The summed E-state index contributed by atoms with van der Waals surface area (Å²) in [5, 5.41) is 0. The zero-order valence-corrected chi connectivity index (χ0v) is 8.94. The Morgan fingerprint density at radius 3 is 2.60 bits per heavy atom. The number of halogens is 2. The average molecular weight is 272 g/mol. The van der Waals surface area contributed by atoms with E-state index in [1.807, 2.05) is 6.92 Å². The highest BCUT2D eigenvalue weighted by Gasteiger charge is 2.17. The average Bonchev–Trinajstić information content (AvgIpc) is 1.88. The van der Waals surface area contributed by atoms with Gasteiger partial charge in [-0.1, -0.05) is 13.3 Å². The van der Waals surface area contributed by atoms with Gasteiger partial charge in [0.1, 0.15) is 0 Å². The molecular formula is C5H9BBr2O2. The molecule has 0 amide bonds. The second-order valence-electron chi connectivity index (χ2n) is 1.82. The van der Waals surface area contributed by atoms with Crippen LogP contribution in [-0.4, -0.2) is 16.8 Å². The van der Waals surface area contributed by atoms with Crippen molar-refractivity contribution >= 4 is 41.7 Å². The summed E-state index contributed by atoms with van der Waals surface area (Å²) in [4.78, 5) is 10.7. The second kappa shape index (κ2) is 6.22. The molecule has 0 saturated carbocycles. The minimum absolute atomic E-state index is 0.256. The van der Waals surface area contributed by atoms with Crippen LogP contribution < -0.4 is 0 Å². The monoisotopic (exact) mass is 270 g/mol. The van der Waals surface area contributed by atoms with E-state index in [2.05, 4.69) is 31.5 Å². The molecule has 5 heteroatoms. The molecule has 0 spiro atoms. The van der Waals surface area contributed by atoms with Gasteiger partial charge in [0.25, 0.3) is 5.87 Å². The molecule has 0 aromatic heterocycles. The zero-order valence-electron chi connectivity index (χ0n) is 5.77. The lowest BCUT2D eigenvalue weighted by Gasteiger charge is -2.01. The Hall–Kier alpha value is 0.495. The van der Waals surface area contributed by atoms with Gasteiger partial charge in [0.15, 0.2) is 0 Å². The molecule has 0 saturated heterocycles. The first-order chi connectivity index (χ1) is 4.68. The van der Waals surface area contributed by atoms with Crippen molar-refractivity contribution in [3.63, 3.8) is 0 Å². The lowest BCUT2D eigenvalue weighted by Crippen LogP contribution is -2.14. The van der Waals surface area contributed by atoms with Crippen molar-refractivity contribution in [1.29, 1.82) is 0 Å². The topological polar surface area (TPSA) is 26.3 Å². The van der Waals surface area contributed by atoms with Crippen LogP contribution in [0.5, 0.6) is 0 Å². The second-order valence-corrected chi connectivity index (χ2v) is 4.88. The van der Waals surface area contributed by atoms with Gasteiger partial charge >= 0.3 is 4.36 Å². The molecule has 0 aliphatic heterocycles. The minimum Gasteiger partial charge on any atom is -0.472 e. The van der Waals surface area contributed by atoms with Gasteiger partial charge in [0.2, 0.25) is 0 Å². The minimum atomic E-state index is -0.364. The Morgan fingerprint density at radius 1 is 1.60 bits per heavy atom. The van der Waals surface area contributed by atoms with E-state index in [0.29, 0.717) is 6.61 Å². The molecule has 0 unspecified atom stereocenters. The van der Waals surface area contributed by atoms with E-state index in [0.717, 1.165) is 12.8 Å². The number of carbonyl (C=O) groups excluding carboxylic acids is 1. The molecule has 0 aromatic rings. The van der Waals surface area contributed by atoms with E-state index in [4.69, 9.17) is 4.74 Å². The smallest absolute Gasteiger partial charge is 0.425 e. The Kier molecular flexibility index (Phi) is 6.53. The van der Waals surface area contributed by atoms with E-state index in [1.165, 1.54) is 0 Å². The van der Waals surface area contributed by atoms with E-state index < -0.39 is 0 Å². The van der Waals surface area contributed by atoms with Crippen LogP contribution in [0, 0.1) is 0 Å². The summed E-state index contributed by atoms with van der Waals surface area (Å²) in [5.74, 6) is -0.256. The van der Waals surface area contributed by atoms with Gasteiger partial charge in [0, 0.05) is 0 Å². The molecule has 0 atom stereocenters. The van der Waals surface area contributed by atoms with Crippen LogP contribution in [0.15, 0.2) is 0 Å². The van der Waals surface area contributed by atoms with Crippen molar-refractivity contribution in [2.75, 3.05) is 6.61 Å².